The van der Waals surface area contributed by atoms with Gasteiger partial charge in [-0.25, -0.2) is 4.79 Å². The van der Waals surface area contributed by atoms with Gasteiger partial charge in [0.2, 0.25) is 0 Å². The number of hydrogen-bond acceptors (Lipinski definition) is 6. The minimum absolute atomic E-state index is 0.0404. The summed E-state index contributed by atoms with van der Waals surface area (Å²) < 4.78 is 10.6. The molecule has 2 heterocycles. The quantitative estimate of drug-likeness (QED) is 0.430. The molecule has 0 saturated heterocycles. The first-order valence-electron chi connectivity index (χ1n) is 9.73. The summed E-state index contributed by atoms with van der Waals surface area (Å²) in [7, 11) is 0. The minimum atomic E-state index is -0.690. The van der Waals surface area contributed by atoms with Crippen LogP contribution in [0.2, 0.25) is 0 Å². The Bertz CT molecular complexity index is 1230. The van der Waals surface area contributed by atoms with E-state index in [1.807, 2.05) is 53.9 Å². The van der Waals surface area contributed by atoms with Gasteiger partial charge in [-0.2, -0.15) is 0 Å². The summed E-state index contributed by atoms with van der Waals surface area (Å²) in [5, 5.41) is 9.57. The second-order valence-electron chi connectivity index (χ2n) is 6.89. The highest BCUT2D eigenvalue weighted by molar-refractivity contribution is 7.09. The summed E-state index contributed by atoms with van der Waals surface area (Å²) in [5.74, 6) is -1.27. The number of esters is 1. The summed E-state index contributed by atoms with van der Waals surface area (Å²) in [6.07, 6.45) is 2.17. The molecule has 0 aliphatic carbocycles. The first-order valence-corrected chi connectivity index (χ1v) is 10.6. The maximum atomic E-state index is 12.2. The number of furan rings is 1. The number of thiophene rings is 1. The van der Waals surface area contributed by atoms with Crippen molar-refractivity contribution in [3.8, 4) is 0 Å². The van der Waals surface area contributed by atoms with Crippen LogP contribution in [0.15, 0.2) is 64.6 Å². The van der Waals surface area contributed by atoms with Crippen LogP contribution in [0.1, 0.15) is 10.4 Å². The lowest BCUT2D eigenvalue weighted by molar-refractivity contribution is -0.147. The predicted octanol–water partition coefficient (Wildman–Crippen LogP) is 3.80. The van der Waals surface area contributed by atoms with Gasteiger partial charge in [-0.3, -0.25) is 14.9 Å². The van der Waals surface area contributed by atoms with E-state index in [1.165, 1.54) is 6.26 Å². The average Bonchev–Trinajstić information content (AvgIpc) is 3.42. The van der Waals surface area contributed by atoms with Crippen LogP contribution in [-0.4, -0.2) is 31.1 Å². The second kappa shape index (κ2) is 9.44. The smallest absolute Gasteiger partial charge is 0.321 e. The molecule has 2 N–H and O–H groups in total. The van der Waals surface area contributed by atoms with Crippen LogP contribution in [0.5, 0.6) is 0 Å². The number of rotatable bonds is 7. The van der Waals surface area contributed by atoms with Crippen LogP contribution >= 0.6 is 11.3 Å². The highest BCUT2D eigenvalue weighted by Crippen LogP contribution is 2.30. The highest BCUT2D eigenvalue weighted by Gasteiger charge is 2.16. The monoisotopic (exact) mass is 436 g/mol. The lowest BCUT2D eigenvalue weighted by Gasteiger charge is -2.07. The summed E-state index contributed by atoms with van der Waals surface area (Å²) in [6, 6.07) is 14.9. The zero-order chi connectivity index (χ0) is 21.6. The molecule has 8 heteroatoms. The lowest BCUT2D eigenvalue weighted by Crippen LogP contribution is -2.42. The Kier molecular flexibility index (Phi) is 6.28. The molecule has 0 bridgehead atoms. The van der Waals surface area contributed by atoms with Crippen LogP contribution in [0.4, 0.5) is 4.79 Å². The molecule has 0 fully saturated rings. The Hall–Kier alpha value is -3.65. The molecule has 0 aliphatic heterocycles. The van der Waals surface area contributed by atoms with Crippen molar-refractivity contribution in [1.82, 2.24) is 10.6 Å². The van der Waals surface area contributed by atoms with E-state index < -0.39 is 24.5 Å². The third-order valence-electron chi connectivity index (χ3n) is 4.73. The number of urea groups is 1. The third kappa shape index (κ3) is 5.10. The molecule has 0 unspecified atom stereocenters. The first kappa shape index (κ1) is 20.6. The summed E-state index contributed by atoms with van der Waals surface area (Å²) in [4.78, 5) is 37.0. The van der Waals surface area contributed by atoms with Crippen molar-refractivity contribution in [3.63, 3.8) is 0 Å². The fourth-order valence-corrected chi connectivity index (χ4v) is 4.03. The Balaban J connectivity index is 1.27. The normalized spacial score (nSPS) is 10.8. The van der Waals surface area contributed by atoms with Gasteiger partial charge in [0.05, 0.1) is 12.7 Å². The molecule has 7 nitrogen and oxygen atoms in total. The molecule has 2 aromatic heterocycles. The van der Waals surface area contributed by atoms with Gasteiger partial charge >= 0.3 is 12.0 Å². The van der Waals surface area contributed by atoms with E-state index in [4.69, 9.17) is 9.15 Å². The van der Waals surface area contributed by atoms with Gasteiger partial charge in [0.1, 0.15) is 5.58 Å². The standard InChI is InChI=1S/C23H20N2O5S/c26-20(25-23(28)24-10-9-17-5-3-11-31-17)14-30-21(27)12-16-13-29-19-8-7-15-4-1-2-6-18(15)22(16)19/h1-8,11,13H,9-10,12,14H2,(H2,24,25,26,28). The lowest BCUT2D eigenvalue weighted by atomic mass is 10.0. The number of ether oxygens (including phenoxy) is 1. The van der Waals surface area contributed by atoms with Crippen LogP contribution in [0, 0.1) is 0 Å². The van der Waals surface area contributed by atoms with Gasteiger partial charge in [0, 0.05) is 22.4 Å². The number of hydrogen-bond donors (Lipinski definition) is 2. The Morgan fingerprint density at radius 3 is 2.74 bits per heavy atom. The number of carbonyl (C=O) groups is 3. The third-order valence-corrected chi connectivity index (χ3v) is 5.67. The van der Waals surface area contributed by atoms with Crippen molar-refractivity contribution in [2.75, 3.05) is 13.2 Å². The average molecular weight is 436 g/mol. The molecule has 0 saturated carbocycles. The van der Waals surface area contributed by atoms with Crippen LogP contribution in [0.3, 0.4) is 0 Å². The van der Waals surface area contributed by atoms with Gasteiger partial charge in [-0.1, -0.05) is 36.4 Å². The van der Waals surface area contributed by atoms with E-state index in [-0.39, 0.29) is 6.42 Å². The molecular formula is C23H20N2O5S. The van der Waals surface area contributed by atoms with E-state index in [0.717, 1.165) is 21.0 Å². The Morgan fingerprint density at radius 1 is 1.03 bits per heavy atom. The molecule has 31 heavy (non-hydrogen) atoms. The number of nitrogens with one attached hydrogen (secondary N) is 2. The zero-order valence-electron chi connectivity index (χ0n) is 16.6. The highest BCUT2D eigenvalue weighted by atomic mass is 32.1. The molecule has 4 aromatic rings. The van der Waals surface area contributed by atoms with Gasteiger partial charge in [-0.05, 0) is 34.7 Å². The molecule has 158 valence electrons. The maximum absolute atomic E-state index is 12.2. The van der Waals surface area contributed by atoms with Crippen LogP contribution < -0.4 is 10.6 Å². The van der Waals surface area contributed by atoms with E-state index in [1.54, 1.807) is 11.3 Å². The number of imide groups is 1. The molecular weight excluding hydrogens is 416 g/mol. The van der Waals surface area contributed by atoms with Gasteiger partial charge in [0.15, 0.2) is 6.61 Å². The number of amides is 3. The molecule has 4 rings (SSSR count). The van der Waals surface area contributed by atoms with E-state index in [0.29, 0.717) is 24.1 Å². The zero-order valence-corrected chi connectivity index (χ0v) is 17.4. The maximum Gasteiger partial charge on any atom is 0.321 e. The molecule has 3 amide bonds. The van der Waals surface area contributed by atoms with Crippen molar-refractivity contribution < 1.29 is 23.5 Å². The van der Waals surface area contributed by atoms with E-state index in [9.17, 15) is 14.4 Å². The van der Waals surface area contributed by atoms with Crippen molar-refractivity contribution >= 4 is 51.0 Å². The van der Waals surface area contributed by atoms with Gasteiger partial charge in [-0.15, -0.1) is 11.3 Å². The van der Waals surface area contributed by atoms with Crippen molar-refractivity contribution in [2.24, 2.45) is 0 Å². The molecule has 0 radical (unpaired) electrons. The number of carbonyl (C=O) groups excluding carboxylic acids is 3. The topological polar surface area (TPSA) is 97.6 Å². The van der Waals surface area contributed by atoms with E-state index in [2.05, 4.69) is 10.6 Å². The fourth-order valence-electron chi connectivity index (χ4n) is 3.32. The van der Waals surface area contributed by atoms with Gasteiger partial charge < -0.3 is 14.5 Å². The van der Waals surface area contributed by atoms with Crippen LogP contribution in [0.25, 0.3) is 21.7 Å². The van der Waals surface area contributed by atoms with Crippen molar-refractivity contribution in [3.05, 3.63) is 70.6 Å². The summed E-state index contributed by atoms with van der Waals surface area (Å²) >= 11 is 1.60. The number of fused-ring (bicyclic) bond motifs is 3. The Morgan fingerprint density at radius 2 is 1.90 bits per heavy atom. The van der Waals surface area contributed by atoms with Crippen molar-refractivity contribution in [1.29, 1.82) is 0 Å². The molecule has 0 aliphatic rings. The predicted molar refractivity (Wildman–Crippen MR) is 118 cm³/mol. The largest absolute Gasteiger partial charge is 0.464 e. The SMILES string of the molecule is O=C(COC(=O)Cc1coc2ccc3ccccc3c12)NC(=O)NCCc1cccs1. The first-order chi connectivity index (χ1) is 15.1. The van der Waals surface area contributed by atoms with Gasteiger partial charge in [0.25, 0.3) is 5.91 Å². The molecule has 0 spiro atoms. The Labute approximate surface area is 182 Å². The number of benzene rings is 2. The van der Waals surface area contributed by atoms with E-state index >= 15 is 0 Å². The fraction of sp³-hybridized carbons (Fsp3) is 0.174. The van der Waals surface area contributed by atoms with Crippen molar-refractivity contribution in [2.45, 2.75) is 12.8 Å². The summed E-state index contributed by atoms with van der Waals surface area (Å²) in [5.41, 5.74) is 1.36. The minimum Gasteiger partial charge on any atom is -0.464 e. The second-order valence-corrected chi connectivity index (χ2v) is 7.92. The molecule has 2 aromatic carbocycles. The van der Waals surface area contributed by atoms with Crippen LogP contribution in [-0.2, 0) is 27.2 Å². The summed E-state index contributed by atoms with van der Waals surface area (Å²) in [6.45, 7) is -0.130. The molecule has 0 atom stereocenters.